The van der Waals surface area contributed by atoms with Crippen molar-refractivity contribution in [3.05, 3.63) is 76.0 Å². The van der Waals surface area contributed by atoms with Crippen LogP contribution in [0, 0.1) is 0 Å². The highest BCUT2D eigenvalue weighted by molar-refractivity contribution is 7.93. The summed E-state index contributed by atoms with van der Waals surface area (Å²) in [5.41, 5.74) is 3.48. The van der Waals surface area contributed by atoms with Crippen LogP contribution in [0.15, 0.2) is 64.9 Å². The topological polar surface area (TPSA) is 66.5 Å². The van der Waals surface area contributed by atoms with E-state index in [0.29, 0.717) is 17.3 Å². The average molecular weight is 443 g/mol. The van der Waals surface area contributed by atoms with Gasteiger partial charge in [-0.3, -0.25) is 9.10 Å². The molecule has 0 aliphatic carbocycles. The second kappa shape index (κ2) is 9.02. The minimum Gasteiger partial charge on any atom is -0.321 e. The number of thiophene rings is 1. The number of nitrogens with zero attached hydrogens (tertiary/aromatic N) is 1. The minimum atomic E-state index is -3.87. The molecule has 0 aliphatic heterocycles. The van der Waals surface area contributed by atoms with E-state index in [2.05, 4.69) is 19.2 Å². The summed E-state index contributed by atoms with van der Waals surface area (Å²) in [4.78, 5) is 13.0. The molecule has 1 amide bonds. The van der Waals surface area contributed by atoms with Gasteiger partial charge in [-0.15, -0.1) is 11.3 Å². The molecule has 30 heavy (non-hydrogen) atoms. The third kappa shape index (κ3) is 4.57. The zero-order valence-electron chi connectivity index (χ0n) is 17.5. The van der Waals surface area contributed by atoms with E-state index in [1.54, 1.807) is 17.5 Å². The molecule has 5 nitrogen and oxygen atoms in total. The SMILES string of the molecule is CCc1ccc(N(C)S(=O)(=O)c2ccsc2C(=O)Nc2ccc(C(C)C)cc2)cc1. The molecule has 0 radical (unpaired) electrons. The van der Waals surface area contributed by atoms with Crippen molar-refractivity contribution in [3.8, 4) is 0 Å². The third-order valence-electron chi connectivity index (χ3n) is 5.02. The maximum atomic E-state index is 13.2. The first kappa shape index (κ1) is 22.1. The molecule has 158 valence electrons. The van der Waals surface area contributed by atoms with E-state index < -0.39 is 15.9 Å². The Labute approximate surface area is 182 Å². The van der Waals surface area contributed by atoms with E-state index in [1.165, 1.54) is 23.0 Å². The van der Waals surface area contributed by atoms with Gasteiger partial charge in [0.2, 0.25) is 0 Å². The molecule has 0 atom stereocenters. The van der Waals surface area contributed by atoms with Crippen LogP contribution in [-0.4, -0.2) is 21.4 Å². The summed E-state index contributed by atoms with van der Waals surface area (Å²) in [6, 6.07) is 16.4. The third-order valence-corrected chi connectivity index (χ3v) is 7.89. The minimum absolute atomic E-state index is 0.00543. The van der Waals surface area contributed by atoms with Gasteiger partial charge in [0, 0.05) is 12.7 Å². The van der Waals surface area contributed by atoms with E-state index in [1.807, 2.05) is 43.3 Å². The van der Waals surface area contributed by atoms with Crippen molar-refractivity contribution in [2.75, 3.05) is 16.7 Å². The lowest BCUT2D eigenvalue weighted by molar-refractivity contribution is 0.102. The van der Waals surface area contributed by atoms with E-state index in [-0.39, 0.29) is 9.77 Å². The van der Waals surface area contributed by atoms with Crippen LogP contribution in [0.3, 0.4) is 0 Å². The number of carbonyl (C=O) groups is 1. The lowest BCUT2D eigenvalue weighted by Gasteiger charge is -2.20. The van der Waals surface area contributed by atoms with Crippen molar-refractivity contribution in [2.24, 2.45) is 0 Å². The first-order valence-corrected chi connectivity index (χ1v) is 12.1. The van der Waals surface area contributed by atoms with Crippen LogP contribution < -0.4 is 9.62 Å². The second-order valence-electron chi connectivity index (χ2n) is 7.34. The molecule has 1 aromatic heterocycles. The van der Waals surface area contributed by atoms with Gasteiger partial charge in [-0.25, -0.2) is 8.42 Å². The Morgan fingerprint density at radius 2 is 1.67 bits per heavy atom. The Bertz CT molecular complexity index is 1120. The molecule has 3 aromatic rings. The summed E-state index contributed by atoms with van der Waals surface area (Å²) in [7, 11) is -2.37. The monoisotopic (exact) mass is 442 g/mol. The molecule has 0 saturated carbocycles. The zero-order chi connectivity index (χ0) is 21.9. The van der Waals surface area contributed by atoms with Crippen LogP contribution in [0.4, 0.5) is 11.4 Å². The highest BCUT2D eigenvalue weighted by atomic mass is 32.2. The Morgan fingerprint density at radius 3 is 2.23 bits per heavy atom. The van der Waals surface area contributed by atoms with Crippen molar-refractivity contribution < 1.29 is 13.2 Å². The molecule has 7 heteroatoms. The molecule has 0 unspecified atom stereocenters. The van der Waals surface area contributed by atoms with Crippen molar-refractivity contribution >= 4 is 38.6 Å². The van der Waals surface area contributed by atoms with Gasteiger partial charge >= 0.3 is 0 Å². The van der Waals surface area contributed by atoms with E-state index in [9.17, 15) is 13.2 Å². The second-order valence-corrected chi connectivity index (χ2v) is 10.2. The average Bonchev–Trinajstić information content (AvgIpc) is 3.25. The fourth-order valence-electron chi connectivity index (χ4n) is 3.03. The van der Waals surface area contributed by atoms with Crippen molar-refractivity contribution in [1.29, 1.82) is 0 Å². The predicted octanol–water partition coefficient (Wildman–Crippen LogP) is 5.51. The number of rotatable bonds is 7. The van der Waals surface area contributed by atoms with Crippen LogP contribution >= 0.6 is 11.3 Å². The Hall–Kier alpha value is -2.64. The van der Waals surface area contributed by atoms with E-state index >= 15 is 0 Å². The van der Waals surface area contributed by atoms with Gasteiger partial charge in [0.1, 0.15) is 9.77 Å². The maximum absolute atomic E-state index is 13.2. The summed E-state index contributed by atoms with van der Waals surface area (Å²) in [5.74, 6) is -0.0404. The van der Waals surface area contributed by atoms with Crippen LogP contribution in [0.1, 0.15) is 47.5 Å². The number of aryl methyl sites for hydroxylation is 1. The van der Waals surface area contributed by atoms with Crippen molar-refractivity contribution in [3.63, 3.8) is 0 Å². The quantitative estimate of drug-likeness (QED) is 0.524. The number of nitrogens with one attached hydrogen (secondary N) is 1. The lowest BCUT2D eigenvalue weighted by atomic mass is 10.0. The highest BCUT2D eigenvalue weighted by Gasteiger charge is 2.28. The van der Waals surface area contributed by atoms with Gasteiger partial charge in [-0.05, 0) is 59.2 Å². The Morgan fingerprint density at radius 1 is 1.03 bits per heavy atom. The molecule has 1 heterocycles. The summed E-state index contributed by atoms with van der Waals surface area (Å²) >= 11 is 1.11. The molecule has 0 aliphatic rings. The molecule has 3 rings (SSSR count). The van der Waals surface area contributed by atoms with E-state index in [0.717, 1.165) is 23.3 Å². The van der Waals surface area contributed by atoms with Gasteiger partial charge in [-0.2, -0.15) is 0 Å². The van der Waals surface area contributed by atoms with Crippen LogP contribution in [0.2, 0.25) is 0 Å². The zero-order valence-corrected chi connectivity index (χ0v) is 19.2. The fourth-order valence-corrected chi connectivity index (χ4v) is 5.52. The number of benzene rings is 2. The Kier molecular flexibility index (Phi) is 6.63. The first-order chi connectivity index (χ1) is 14.2. The number of hydrogen-bond acceptors (Lipinski definition) is 4. The summed E-state index contributed by atoms with van der Waals surface area (Å²) < 4.78 is 27.6. The molecule has 2 aromatic carbocycles. The first-order valence-electron chi connectivity index (χ1n) is 9.80. The fraction of sp³-hybridized carbons (Fsp3) is 0.261. The number of amides is 1. The van der Waals surface area contributed by atoms with Crippen LogP contribution in [0.25, 0.3) is 0 Å². The molecule has 0 fully saturated rings. The number of carbonyl (C=O) groups excluding carboxylic acids is 1. The van der Waals surface area contributed by atoms with Gasteiger partial charge in [0.05, 0.1) is 5.69 Å². The summed E-state index contributed by atoms with van der Waals surface area (Å²) in [5, 5.41) is 4.43. The van der Waals surface area contributed by atoms with Crippen molar-refractivity contribution in [1.82, 2.24) is 0 Å². The summed E-state index contributed by atoms with van der Waals surface area (Å²) in [6.07, 6.45) is 0.879. The van der Waals surface area contributed by atoms with Gasteiger partial charge in [0.15, 0.2) is 0 Å². The van der Waals surface area contributed by atoms with Crippen molar-refractivity contribution in [2.45, 2.75) is 38.0 Å². The molecular weight excluding hydrogens is 416 g/mol. The highest BCUT2D eigenvalue weighted by Crippen LogP contribution is 2.29. The van der Waals surface area contributed by atoms with Gasteiger partial charge in [-0.1, -0.05) is 45.0 Å². The van der Waals surface area contributed by atoms with Crippen LogP contribution in [0.5, 0.6) is 0 Å². The molecule has 0 spiro atoms. The number of anilines is 2. The molecule has 0 saturated heterocycles. The van der Waals surface area contributed by atoms with E-state index in [4.69, 9.17) is 0 Å². The number of sulfonamides is 1. The Balaban J connectivity index is 1.84. The molecule has 0 bridgehead atoms. The van der Waals surface area contributed by atoms with Gasteiger partial charge in [0.25, 0.3) is 15.9 Å². The molecular formula is C23H26N2O3S2. The molecule has 1 N–H and O–H groups in total. The largest absolute Gasteiger partial charge is 0.321 e. The number of hydrogen-bond donors (Lipinski definition) is 1. The summed E-state index contributed by atoms with van der Waals surface area (Å²) in [6.45, 7) is 6.24. The lowest BCUT2D eigenvalue weighted by Crippen LogP contribution is -2.28. The van der Waals surface area contributed by atoms with Gasteiger partial charge < -0.3 is 5.32 Å². The smallest absolute Gasteiger partial charge is 0.267 e. The maximum Gasteiger partial charge on any atom is 0.267 e. The van der Waals surface area contributed by atoms with Crippen LogP contribution in [-0.2, 0) is 16.4 Å². The normalized spacial score (nSPS) is 11.5. The standard InChI is InChI=1S/C23H26N2O3S2/c1-5-17-6-12-20(13-7-17)25(4)30(27,28)21-14-15-29-22(21)23(26)24-19-10-8-18(9-11-19)16(2)3/h6-16H,5H2,1-4H3,(H,24,26). The predicted molar refractivity (Wildman–Crippen MR) is 124 cm³/mol.